The van der Waals surface area contributed by atoms with Gasteiger partial charge >= 0.3 is 6.03 Å². The van der Waals surface area contributed by atoms with Crippen molar-refractivity contribution in [1.29, 1.82) is 0 Å². The molecule has 1 aromatic rings. The zero-order valence-corrected chi connectivity index (χ0v) is 14.0. The van der Waals surface area contributed by atoms with Crippen LogP contribution in [0.5, 0.6) is 0 Å². The Hall–Kier alpha value is -1.59. The molecule has 4 N–H and O–H groups in total. The number of carbonyl (C=O) groups is 1. The molecule has 2 rings (SSSR count). The number of nitrogens with two attached hydrogens (primary N) is 1. The number of nitrogens with zero attached hydrogens (tertiary/aromatic N) is 1. The van der Waals surface area contributed by atoms with Crippen molar-refractivity contribution in [2.45, 2.75) is 51.7 Å². The molecule has 122 valence electrons. The quantitative estimate of drug-likeness (QED) is 0.801. The molecule has 5 heteroatoms. The van der Waals surface area contributed by atoms with E-state index in [2.05, 4.69) is 43.2 Å². The Bertz CT molecular complexity index is 506. The molecular formula is C17H28N4O. The van der Waals surface area contributed by atoms with Crippen LogP contribution in [0.1, 0.15) is 45.7 Å². The summed E-state index contributed by atoms with van der Waals surface area (Å²) in [7, 11) is 0. The number of benzene rings is 1. The molecule has 1 aliphatic heterocycles. The first-order valence-electron chi connectivity index (χ1n) is 7.93. The molecule has 0 radical (unpaired) electrons. The van der Waals surface area contributed by atoms with E-state index in [0.717, 1.165) is 18.8 Å². The minimum Gasteiger partial charge on any atom is -0.351 e. The molecule has 22 heavy (non-hydrogen) atoms. The third-order valence-corrected chi connectivity index (χ3v) is 4.30. The van der Waals surface area contributed by atoms with Crippen LogP contribution in [0, 0.1) is 0 Å². The average molecular weight is 304 g/mol. The van der Waals surface area contributed by atoms with Crippen LogP contribution < -0.4 is 16.4 Å². The lowest BCUT2D eigenvalue weighted by Gasteiger charge is -2.32. The number of urea groups is 1. The summed E-state index contributed by atoms with van der Waals surface area (Å²) in [5.41, 5.74) is 7.29. The Balaban J connectivity index is 1.90. The van der Waals surface area contributed by atoms with Crippen LogP contribution in [-0.2, 0) is 0 Å². The van der Waals surface area contributed by atoms with Crippen LogP contribution in [0.25, 0.3) is 0 Å². The molecular weight excluding hydrogens is 276 g/mol. The second-order valence-corrected chi connectivity index (χ2v) is 7.10. The Morgan fingerprint density at radius 2 is 1.95 bits per heavy atom. The summed E-state index contributed by atoms with van der Waals surface area (Å²) in [6, 6.07) is 8.10. The van der Waals surface area contributed by atoms with E-state index in [4.69, 9.17) is 5.73 Å². The highest BCUT2D eigenvalue weighted by Gasteiger charge is 2.30. The first kappa shape index (κ1) is 16.8. The Morgan fingerprint density at radius 3 is 2.45 bits per heavy atom. The predicted molar refractivity (Wildman–Crippen MR) is 90.9 cm³/mol. The van der Waals surface area contributed by atoms with Crippen molar-refractivity contribution >= 4 is 11.7 Å². The van der Waals surface area contributed by atoms with Gasteiger partial charge in [-0.1, -0.05) is 12.1 Å². The third-order valence-electron chi connectivity index (χ3n) is 4.30. The van der Waals surface area contributed by atoms with E-state index in [-0.39, 0.29) is 11.6 Å². The normalized spacial score (nSPS) is 20.8. The largest absolute Gasteiger partial charge is 0.351 e. The number of hydrogen-bond donors (Lipinski definition) is 3. The van der Waals surface area contributed by atoms with Crippen molar-refractivity contribution in [3.8, 4) is 0 Å². The lowest BCUT2D eigenvalue weighted by atomic mass is 10.1. The highest BCUT2D eigenvalue weighted by Crippen LogP contribution is 2.23. The molecule has 0 aromatic heterocycles. The van der Waals surface area contributed by atoms with Crippen molar-refractivity contribution < 1.29 is 4.79 Å². The molecule has 0 aliphatic carbocycles. The fraction of sp³-hybridized carbons (Fsp3) is 0.588. The van der Waals surface area contributed by atoms with Gasteiger partial charge in [0, 0.05) is 36.4 Å². The van der Waals surface area contributed by atoms with Crippen molar-refractivity contribution in [3.05, 3.63) is 29.8 Å². The van der Waals surface area contributed by atoms with Gasteiger partial charge in [-0.2, -0.15) is 0 Å². The fourth-order valence-electron chi connectivity index (χ4n) is 2.95. The summed E-state index contributed by atoms with van der Waals surface area (Å²) >= 11 is 0. The average Bonchev–Trinajstić information content (AvgIpc) is 2.87. The van der Waals surface area contributed by atoms with Crippen LogP contribution >= 0.6 is 0 Å². The summed E-state index contributed by atoms with van der Waals surface area (Å²) in [5, 5.41) is 6.28. The second kappa shape index (κ2) is 6.67. The number of rotatable bonds is 4. The van der Waals surface area contributed by atoms with Gasteiger partial charge in [0.25, 0.3) is 0 Å². The van der Waals surface area contributed by atoms with Crippen LogP contribution in [0.4, 0.5) is 10.5 Å². The van der Waals surface area contributed by atoms with E-state index in [1.54, 1.807) is 0 Å². The molecule has 1 heterocycles. The van der Waals surface area contributed by atoms with Gasteiger partial charge in [-0.25, -0.2) is 4.79 Å². The molecule has 1 aromatic carbocycles. The molecule has 1 aliphatic rings. The highest BCUT2D eigenvalue weighted by molar-refractivity contribution is 5.87. The number of amides is 2. The Kier molecular flexibility index (Phi) is 5.08. The number of nitrogens with one attached hydrogen (secondary N) is 2. The van der Waals surface area contributed by atoms with Gasteiger partial charge in [0.1, 0.15) is 0 Å². The monoisotopic (exact) mass is 304 g/mol. The summed E-state index contributed by atoms with van der Waals surface area (Å²) in [6.07, 6.45) is 1.18. The number of carbonyl (C=O) groups excluding carboxylic acids is 1. The van der Waals surface area contributed by atoms with E-state index >= 15 is 0 Å². The van der Waals surface area contributed by atoms with Gasteiger partial charge in [-0.3, -0.25) is 4.90 Å². The second-order valence-electron chi connectivity index (χ2n) is 7.10. The molecule has 0 bridgehead atoms. The maximum atomic E-state index is 10.8. The lowest BCUT2D eigenvalue weighted by molar-refractivity contribution is 0.170. The molecule has 5 nitrogen and oxygen atoms in total. The standard InChI is InChI=1S/C17H28N4O/c1-12(13-5-7-14(8-6-13)20-16(18)22)19-15-9-10-21(11-15)17(2,3)4/h5-8,12,15,19H,9-11H2,1-4H3,(H3,18,20,22). The summed E-state index contributed by atoms with van der Waals surface area (Å²) in [5.74, 6) is 0. The van der Waals surface area contributed by atoms with E-state index in [0.29, 0.717) is 6.04 Å². The maximum absolute atomic E-state index is 10.8. The summed E-state index contributed by atoms with van der Waals surface area (Å²) < 4.78 is 0. The molecule has 0 saturated carbocycles. The zero-order valence-electron chi connectivity index (χ0n) is 14.0. The van der Waals surface area contributed by atoms with E-state index in [1.807, 2.05) is 24.3 Å². The molecule has 1 saturated heterocycles. The van der Waals surface area contributed by atoms with Crippen molar-refractivity contribution in [2.24, 2.45) is 5.73 Å². The van der Waals surface area contributed by atoms with E-state index < -0.39 is 6.03 Å². The van der Waals surface area contributed by atoms with Gasteiger partial charge < -0.3 is 16.4 Å². The first-order chi connectivity index (χ1) is 10.3. The maximum Gasteiger partial charge on any atom is 0.316 e. The van der Waals surface area contributed by atoms with Gasteiger partial charge in [0.15, 0.2) is 0 Å². The summed E-state index contributed by atoms with van der Waals surface area (Å²) in [4.78, 5) is 13.3. The van der Waals surface area contributed by atoms with Gasteiger partial charge in [0.05, 0.1) is 0 Å². The molecule has 0 spiro atoms. The van der Waals surface area contributed by atoms with Gasteiger partial charge in [0.2, 0.25) is 0 Å². The molecule has 1 fully saturated rings. The Labute approximate surface area is 133 Å². The zero-order chi connectivity index (χ0) is 16.3. The minimum atomic E-state index is -0.535. The van der Waals surface area contributed by atoms with Crippen LogP contribution in [0.15, 0.2) is 24.3 Å². The molecule has 2 amide bonds. The highest BCUT2D eigenvalue weighted by atomic mass is 16.2. The number of primary amides is 1. The lowest BCUT2D eigenvalue weighted by Crippen LogP contribution is -2.42. The van der Waals surface area contributed by atoms with Crippen molar-refractivity contribution in [3.63, 3.8) is 0 Å². The number of hydrogen-bond acceptors (Lipinski definition) is 3. The van der Waals surface area contributed by atoms with Gasteiger partial charge in [-0.15, -0.1) is 0 Å². The van der Waals surface area contributed by atoms with E-state index in [9.17, 15) is 4.79 Å². The van der Waals surface area contributed by atoms with E-state index in [1.165, 1.54) is 12.0 Å². The summed E-state index contributed by atoms with van der Waals surface area (Å²) in [6.45, 7) is 11.2. The van der Waals surface area contributed by atoms with Crippen molar-refractivity contribution in [2.75, 3.05) is 18.4 Å². The third kappa shape index (κ3) is 4.45. The molecule has 2 unspecified atom stereocenters. The predicted octanol–water partition coefficient (Wildman–Crippen LogP) is 2.70. The minimum absolute atomic E-state index is 0.238. The SMILES string of the molecule is CC(NC1CCN(C(C)(C)C)C1)c1ccc(NC(N)=O)cc1. The van der Waals surface area contributed by atoms with Gasteiger partial charge in [-0.05, 0) is 51.8 Å². The molecule has 2 atom stereocenters. The number of likely N-dealkylation sites (tertiary alicyclic amines) is 1. The smallest absolute Gasteiger partial charge is 0.316 e. The topological polar surface area (TPSA) is 70.4 Å². The fourth-order valence-corrected chi connectivity index (χ4v) is 2.95. The number of anilines is 1. The Morgan fingerprint density at radius 1 is 1.32 bits per heavy atom. The van der Waals surface area contributed by atoms with Crippen LogP contribution in [-0.4, -0.2) is 35.6 Å². The van der Waals surface area contributed by atoms with Crippen LogP contribution in [0.3, 0.4) is 0 Å². The first-order valence-corrected chi connectivity index (χ1v) is 7.93. The van der Waals surface area contributed by atoms with Crippen LogP contribution in [0.2, 0.25) is 0 Å². The van der Waals surface area contributed by atoms with Crippen molar-refractivity contribution in [1.82, 2.24) is 10.2 Å².